The molecule has 0 radical (unpaired) electrons. The summed E-state index contributed by atoms with van der Waals surface area (Å²) in [5, 5.41) is 2.93. The molecule has 0 bridgehead atoms. The lowest BCUT2D eigenvalue weighted by molar-refractivity contribution is -0.118. The molecule has 2 heterocycles. The molecule has 0 fully saturated rings. The van der Waals surface area contributed by atoms with Crippen molar-refractivity contribution in [2.75, 3.05) is 11.9 Å². The van der Waals surface area contributed by atoms with E-state index in [0.717, 1.165) is 15.7 Å². The fourth-order valence-corrected chi connectivity index (χ4v) is 3.12. The summed E-state index contributed by atoms with van der Waals surface area (Å²) < 4.78 is 8.03. The number of pyridine rings is 1. The van der Waals surface area contributed by atoms with E-state index < -0.39 is 11.2 Å². The van der Waals surface area contributed by atoms with Gasteiger partial charge in [0.2, 0.25) is 0 Å². The summed E-state index contributed by atoms with van der Waals surface area (Å²) in [5.41, 5.74) is 1.76. The Labute approximate surface area is 167 Å². The number of anilines is 1. The third kappa shape index (κ3) is 4.06. The highest BCUT2D eigenvalue weighted by molar-refractivity contribution is 5.93. The summed E-state index contributed by atoms with van der Waals surface area (Å²) in [5.74, 6) is 0.570. The van der Waals surface area contributed by atoms with E-state index in [1.54, 1.807) is 0 Å². The van der Waals surface area contributed by atoms with Crippen LogP contribution in [0.25, 0.3) is 11.0 Å². The highest BCUT2D eigenvalue weighted by Crippen LogP contribution is 2.27. The van der Waals surface area contributed by atoms with E-state index in [2.05, 4.69) is 24.1 Å². The van der Waals surface area contributed by atoms with Gasteiger partial charge in [-0.15, -0.1) is 0 Å². The summed E-state index contributed by atoms with van der Waals surface area (Å²) in [6.07, 6.45) is 1.41. The van der Waals surface area contributed by atoms with Crippen molar-refractivity contribution in [3.63, 3.8) is 0 Å². The number of nitrogens with zero attached hydrogens (tertiary/aromatic N) is 3. The van der Waals surface area contributed by atoms with Gasteiger partial charge in [-0.25, -0.2) is 9.78 Å². The second-order valence-electron chi connectivity index (χ2n) is 7.33. The van der Waals surface area contributed by atoms with E-state index in [1.165, 1.54) is 30.9 Å². The normalized spacial score (nSPS) is 11.1. The number of nitrogens with one attached hydrogen (secondary N) is 1. The van der Waals surface area contributed by atoms with Crippen molar-refractivity contribution in [3.05, 3.63) is 62.4 Å². The molecule has 0 aliphatic rings. The molecule has 3 rings (SSSR count). The molecule has 8 heteroatoms. The van der Waals surface area contributed by atoms with Crippen LogP contribution in [0.3, 0.4) is 0 Å². The van der Waals surface area contributed by atoms with Gasteiger partial charge in [0.05, 0.1) is 17.3 Å². The van der Waals surface area contributed by atoms with Crippen LogP contribution in [0.4, 0.5) is 5.69 Å². The average Bonchev–Trinajstić information content (AvgIpc) is 2.68. The van der Waals surface area contributed by atoms with Crippen LogP contribution in [-0.2, 0) is 18.9 Å². The van der Waals surface area contributed by atoms with Crippen LogP contribution in [0, 0.1) is 6.92 Å². The number of carbonyl (C=O) groups is 1. The van der Waals surface area contributed by atoms with Gasteiger partial charge in [-0.1, -0.05) is 26.0 Å². The Bertz CT molecular complexity index is 1210. The van der Waals surface area contributed by atoms with Gasteiger partial charge < -0.3 is 10.1 Å². The summed E-state index contributed by atoms with van der Waals surface area (Å²) in [6, 6.07) is 7.43. The third-order valence-corrected chi connectivity index (χ3v) is 4.73. The maximum absolute atomic E-state index is 12.4. The molecular formula is C21H24N4O4. The van der Waals surface area contributed by atoms with Crippen LogP contribution in [0.2, 0.25) is 0 Å². The standard InChI is InChI=1S/C21H24N4O4/c1-12(2)15-7-6-13(3)8-17(15)29-11-18(26)23-14-9-16-19(22-10-14)24(4)21(28)25(5)20(16)27/h6-10,12H,11H2,1-5H3,(H,23,26). The van der Waals surface area contributed by atoms with E-state index in [0.29, 0.717) is 11.4 Å². The first-order valence-electron chi connectivity index (χ1n) is 9.28. The summed E-state index contributed by atoms with van der Waals surface area (Å²) in [4.78, 5) is 40.9. The van der Waals surface area contributed by atoms with Crippen molar-refractivity contribution in [1.82, 2.24) is 14.1 Å². The fraction of sp³-hybridized carbons (Fsp3) is 0.333. The Morgan fingerprint density at radius 2 is 1.90 bits per heavy atom. The maximum Gasteiger partial charge on any atom is 0.332 e. The Kier molecular flexibility index (Phi) is 5.54. The van der Waals surface area contributed by atoms with E-state index in [9.17, 15) is 14.4 Å². The summed E-state index contributed by atoms with van der Waals surface area (Å²) >= 11 is 0. The number of aryl methyl sites for hydroxylation is 2. The van der Waals surface area contributed by atoms with Gasteiger partial charge in [0.15, 0.2) is 6.61 Å². The molecule has 29 heavy (non-hydrogen) atoms. The van der Waals surface area contributed by atoms with E-state index in [1.807, 2.05) is 25.1 Å². The van der Waals surface area contributed by atoms with E-state index in [4.69, 9.17) is 4.74 Å². The molecule has 0 unspecified atom stereocenters. The Balaban J connectivity index is 1.80. The Hall–Kier alpha value is -3.42. The van der Waals surface area contributed by atoms with Gasteiger partial charge in [-0.2, -0.15) is 0 Å². The molecule has 0 saturated carbocycles. The first kappa shape index (κ1) is 20.3. The Morgan fingerprint density at radius 3 is 2.59 bits per heavy atom. The molecule has 2 aromatic heterocycles. The topological polar surface area (TPSA) is 95.2 Å². The molecular weight excluding hydrogens is 372 g/mol. The molecule has 3 aromatic rings. The SMILES string of the molecule is Cc1ccc(C(C)C)c(OCC(=O)Nc2cnc3c(c2)c(=O)n(C)c(=O)n3C)c1. The molecule has 1 amide bonds. The first-order chi connectivity index (χ1) is 13.7. The fourth-order valence-electron chi connectivity index (χ4n) is 3.12. The van der Waals surface area contributed by atoms with Gasteiger partial charge in [0.1, 0.15) is 11.4 Å². The summed E-state index contributed by atoms with van der Waals surface area (Å²) in [6.45, 7) is 5.91. The molecule has 1 N–H and O–H groups in total. The summed E-state index contributed by atoms with van der Waals surface area (Å²) in [7, 11) is 2.94. The van der Waals surface area contributed by atoms with Crippen molar-refractivity contribution in [3.8, 4) is 5.75 Å². The minimum Gasteiger partial charge on any atom is -0.483 e. The number of hydrogen-bond acceptors (Lipinski definition) is 5. The second kappa shape index (κ2) is 7.90. The molecule has 1 aromatic carbocycles. The molecule has 0 aliphatic carbocycles. The third-order valence-electron chi connectivity index (χ3n) is 4.73. The van der Waals surface area contributed by atoms with Crippen LogP contribution in [0.1, 0.15) is 30.9 Å². The number of hydrogen-bond donors (Lipinski definition) is 1. The predicted octanol–water partition coefficient (Wildman–Crippen LogP) is 2.08. The van der Waals surface area contributed by atoms with Gasteiger partial charge >= 0.3 is 5.69 Å². The van der Waals surface area contributed by atoms with Crippen molar-refractivity contribution < 1.29 is 9.53 Å². The number of aromatic nitrogens is 3. The quantitative estimate of drug-likeness (QED) is 0.712. The van der Waals surface area contributed by atoms with Crippen LogP contribution >= 0.6 is 0 Å². The van der Waals surface area contributed by atoms with Crippen LogP contribution in [-0.4, -0.2) is 26.6 Å². The lowest BCUT2D eigenvalue weighted by Crippen LogP contribution is -2.37. The number of rotatable bonds is 5. The van der Waals surface area contributed by atoms with Crippen LogP contribution in [0.15, 0.2) is 40.1 Å². The van der Waals surface area contributed by atoms with Gasteiger partial charge in [-0.05, 0) is 36.1 Å². The minimum atomic E-state index is -0.468. The predicted molar refractivity (Wildman–Crippen MR) is 112 cm³/mol. The molecule has 0 saturated heterocycles. The first-order valence-corrected chi connectivity index (χ1v) is 9.28. The minimum absolute atomic E-state index is 0.174. The molecule has 0 atom stereocenters. The number of amides is 1. The van der Waals surface area contributed by atoms with E-state index in [-0.39, 0.29) is 29.5 Å². The zero-order valence-electron chi connectivity index (χ0n) is 17.1. The zero-order chi connectivity index (χ0) is 21.3. The monoisotopic (exact) mass is 396 g/mol. The highest BCUT2D eigenvalue weighted by atomic mass is 16.5. The number of carbonyl (C=O) groups excluding carboxylic acids is 1. The van der Waals surface area contributed by atoms with Gasteiger partial charge in [0, 0.05) is 14.1 Å². The smallest absolute Gasteiger partial charge is 0.332 e. The second-order valence-corrected chi connectivity index (χ2v) is 7.33. The highest BCUT2D eigenvalue weighted by Gasteiger charge is 2.13. The van der Waals surface area contributed by atoms with Gasteiger partial charge in [-0.3, -0.25) is 18.7 Å². The number of benzene rings is 1. The lowest BCUT2D eigenvalue weighted by atomic mass is 10.0. The maximum atomic E-state index is 12.4. The average molecular weight is 396 g/mol. The molecule has 152 valence electrons. The van der Waals surface area contributed by atoms with Crippen molar-refractivity contribution in [2.45, 2.75) is 26.7 Å². The number of fused-ring (bicyclic) bond motifs is 1. The zero-order valence-corrected chi connectivity index (χ0v) is 17.1. The van der Waals surface area contributed by atoms with Crippen molar-refractivity contribution >= 4 is 22.6 Å². The largest absolute Gasteiger partial charge is 0.483 e. The molecule has 0 spiro atoms. The van der Waals surface area contributed by atoms with Gasteiger partial charge in [0.25, 0.3) is 11.5 Å². The Morgan fingerprint density at radius 1 is 1.17 bits per heavy atom. The van der Waals surface area contributed by atoms with E-state index >= 15 is 0 Å². The lowest BCUT2D eigenvalue weighted by Gasteiger charge is -2.15. The molecule has 8 nitrogen and oxygen atoms in total. The molecule has 0 aliphatic heterocycles. The number of ether oxygens (including phenoxy) is 1. The van der Waals surface area contributed by atoms with Crippen molar-refractivity contribution in [2.24, 2.45) is 14.1 Å². The van der Waals surface area contributed by atoms with Crippen LogP contribution in [0.5, 0.6) is 5.75 Å². The van der Waals surface area contributed by atoms with Crippen molar-refractivity contribution in [1.29, 1.82) is 0 Å². The van der Waals surface area contributed by atoms with Crippen LogP contribution < -0.4 is 21.3 Å².